The summed E-state index contributed by atoms with van der Waals surface area (Å²) >= 11 is 0. The maximum Gasteiger partial charge on any atom is 0.241 e. The molecular formula is C11H19N3O2. The molecule has 0 aliphatic carbocycles. The Labute approximate surface area is 95.5 Å². The van der Waals surface area contributed by atoms with Gasteiger partial charge in [-0.3, -0.25) is 9.48 Å². The van der Waals surface area contributed by atoms with Gasteiger partial charge in [0.2, 0.25) is 5.91 Å². The van der Waals surface area contributed by atoms with Crippen molar-refractivity contribution in [3.8, 4) is 0 Å². The third-order valence-electron chi connectivity index (χ3n) is 2.43. The van der Waals surface area contributed by atoms with Gasteiger partial charge in [-0.05, 0) is 27.7 Å². The summed E-state index contributed by atoms with van der Waals surface area (Å²) in [4.78, 5) is 11.5. The van der Waals surface area contributed by atoms with Gasteiger partial charge in [-0.15, -0.1) is 0 Å². The Balaban J connectivity index is 2.78. The molecule has 0 radical (unpaired) electrons. The summed E-state index contributed by atoms with van der Waals surface area (Å²) in [6, 6.07) is 0.127. The monoisotopic (exact) mass is 225 g/mol. The number of amides is 1. The van der Waals surface area contributed by atoms with Crippen LogP contribution in [-0.4, -0.2) is 26.8 Å². The highest BCUT2D eigenvalue weighted by Gasteiger charge is 2.13. The van der Waals surface area contributed by atoms with E-state index < -0.39 is 0 Å². The van der Waals surface area contributed by atoms with E-state index >= 15 is 0 Å². The molecule has 16 heavy (non-hydrogen) atoms. The van der Waals surface area contributed by atoms with E-state index in [1.807, 2.05) is 27.7 Å². The van der Waals surface area contributed by atoms with Gasteiger partial charge in [0.1, 0.15) is 6.54 Å². The zero-order chi connectivity index (χ0) is 12.3. The van der Waals surface area contributed by atoms with Gasteiger partial charge in [0.05, 0.1) is 12.3 Å². The molecule has 2 N–H and O–H groups in total. The number of aromatic nitrogens is 2. The SMILES string of the molecule is Cc1nn(CC(=O)NC(C)C)c(C)c1CO. The van der Waals surface area contributed by atoms with E-state index in [0.717, 1.165) is 17.0 Å². The van der Waals surface area contributed by atoms with E-state index in [1.165, 1.54) is 0 Å². The number of hydrogen-bond donors (Lipinski definition) is 2. The van der Waals surface area contributed by atoms with Crippen LogP contribution in [0.5, 0.6) is 0 Å². The van der Waals surface area contributed by atoms with Crippen LogP contribution in [0.1, 0.15) is 30.8 Å². The molecule has 0 saturated heterocycles. The van der Waals surface area contributed by atoms with Crippen molar-refractivity contribution in [2.24, 2.45) is 0 Å². The Morgan fingerprint density at radius 1 is 1.50 bits per heavy atom. The molecule has 0 fully saturated rings. The van der Waals surface area contributed by atoms with Crippen molar-refractivity contribution in [2.75, 3.05) is 0 Å². The number of nitrogens with one attached hydrogen (secondary N) is 1. The van der Waals surface area contributed by atoms with Crippen LogP contribution >= 0.6 is 0 Å². The van der Waals surface area contributed by atoms with Crippen LogP contribution < -0.4 is 5.32 Å². The molecule has 0 aromatic carbocycles. The van der Waals surface area contributed by atoms with E-state index in [9.17, 15) is 4.79 Å². The minimum atomic E-state index is -0.0647. The quantitative estimate of drug-likeness (QED) is 0.785. The molecule has 0 aliphatic rings. The number of nitrogens with zero attached hydrogens (tertiary/aromatic N) is 2. The fourth-order valence-electron chi connectivity index (χ4n) is 1.62. The summed E-state index contributed by atoms with van der Waals surface area (Å²) in [5, 5.41) is 16.2. The van der Waals surface area contributed by atoms with Crippen LogP contribution in [0.25, 0.3) is 0 Å². The van der Waals surface area contributed by atoms with Crippen LogP contribution in [0, 0.1) is 13.8 Å². The number of carbonyl (C=O) groups excluding carboxylic acids is 1. The Morgan fingerprint density at radius 2 is 2.12 bits per heavy atom. The summed E-state index contributed by atoms with van der Waals surface area (Å²) in [7, 11) is 0. The van der Waals surface area contributed by atoms with Gasteiger partial charge in [-0.1, -0.05) is 0 Å². The summed E-state index contributed by atoms with van der Waals surface area (Å²) in [5.41, 5.74) is 2.42. The van der Waals surface area contributed by atoms with Gasteiger partial charge >= 0.3 is 0 Å². The normalized spacial score (nSPS) is 10.9. The number of hydrogen-bond acceptors (Lipinski definition) is 3. The van der Waals surface area contributed by atoms with E-state index in [1.54, 1.807) is 4.68 Å². The summed E-state index contributed by atoms with van der Waals surface area (Å²) in [6.45, 7) is 7.68. The first kappa shape index (κ1) is 12.7. The number of aryl methyl sites for hydroxylation is 1. The van der Waals surface area contributed by atoms with Gasteiger partial charge in [0, 0.05) is 17.3 Å². The van der Waals surface area contributed by atoms with Gasteiger partial charge in [-0.2, -0.15) is 5.10 Å². The van der Waals surface area contributed by atoms with E-state index in [0.29, 0.717) is 0 Å². The van der Waals surface area contributed by atoms with E-state index in [4.69, 9.17) is 5.11 Å². The molecule has 5 nitrogen and oxygen atoms in total. The predicted octanol–water partition coefficient (Wildman–Crippen LogP) is 0.517. The molecule has 1 rings (SSSR count). The van der Waals surface area contributed by atoms with Crippen molar-refractivity contribution in [2.45, 2.75) is 46.9 Å². The lowest BCUT2D eigenvalue weighted by Gasteiger charge is -2.09. The molecule has 1 aromatic heterocycles. The summed E-state index contributed by atoms with van der Waals surface area (Å²) in [6.07, 6.45) is 0. The maximum atomic E-state index is 11.5. The minimum absolute atomic E-state index is 0.0382. The molecule has 0 spiro atoms. The highest BCUT2D eigenvalue weighted by molar-refractivity contribution is 5.76. The second-order valence-corrected chi connectivity index (χ2v) is 4.19. The largest absolute Gasteiger partial charge is 0.392 e. The fourth-order valence-corrected chi connectivity index (χ4v) is 1.62. The first-order valence-corrected chi connectivity index (χ1v) is 5.38. The molecule has 1 amide bonds. The Bertz CT molecular complexity index is 383. The summed E-state index contributed by atoms with van der Waals surface area (Å²) in [5.74, 6) is -0.0647. The van der Waals surface area contributed by atoms with Crippen molar-refractivity contribution in [1.82, 2.24) is 15.1 Å². The topological polar surface area (TPSA) is 67.2 Å². The van der Waals surface area contributed by atoms with Crippen molar-refractivity contribution in [3.05, 3.63) is 17.0 Å². The molecule has 0 aliphatic heterocycles. The Morgan fingerprint density at radius 3 is 2.56 bits per heavy atom. The number of carbonyl (C=O) groups is 1. The van der Waals surface area contributed by atoms with Crippen molar-refractivity contribution in [1.29, 1.82) is 0 Å². The standard InChI is InChI=1S/C11H19N3O2/c1-7(2)12-11(16)5-14-9(4)10(6-15)8(3)13-14/h7,15H,5-6H2,1-4H3,(H,12,16). The lowest BCUT2D eigenvalue weighted by molar-refractivity contribution is -0.122. The number of aliphatic hydroxyl groups is 1. The highest BCUT2D eigenvalue weighted by atomic mass is 16.3. The Kier molecular flexibility index (Phi) is 4.06. The van der Waals surface area contributed by atoms with Gasteiger partial charge in [0.15, 0.2) is 0 Å². The lowest BCUT2D eigenvalue weighted by Crippen LogP contribution is -2.33. The van der Waals surface area contributed by atoms with E-state index in [-0.39, 0.29) is 25.1 Å². The molecule has 0 saturated carbocycles. The molecule has 0 bridgehead atoms. The highest BCUT2D eigenvalue weighted by Crippen LogP contribution is 2.12. The first-order valence-electron chi connectivity index (χ1n) is 5.38. The average Bonchev–Trinajstić information content (AvgIpc) is 2.40. The zero-order valence-electron chi connectivity index (χ0n) is 10.2. The number of aliphatic hydroxyl groups excluding tert-OH is 1. The van der Waals surface area contributed by atoms with Crippen molar-refractivity contribution < 1.29 is 9.90 Å². The van der Waals surface area contributed by atoms with Crippen LogP contribution in [0.2, 0.25) is 0 Å². The number of rotatable bonds is 4. The first-order chi connectivity index (χ1) is 7.45. The molecular weight excluding hydrogens is 206 g/mol. The van der Waals surface area contributed by atoms with Crippen LogP contribution in [0.3, 0.4) is 0 Å². The van der Waals surface area contributed by atoms with Crippen LogP contribution in [0.15, 0.2) is 0 Å². The van der Waals surface area contributed by atoms with E-state index in [2.05, 4.69) is 10.4 Å². The molecule has 1 aromatic rings. The van der Waals surface area contributed by atoms with Crippen molar-refractivity contribution >= 4 is 5.91 Å². The molecule has 5 heteroatoms. The molecule has 0 unspecified atom stereocenters. The third kappa shape index (κ3) is 2.82. The van der Waals surface area contributed by atoms with Gasteiger partial charge in [0.25, 0.3) is 0 Å². The summed E-state index contributed by atoms with van der Waals surface area (Å²) < 4.78 is 1.62. The smallest absolute Gasteiger partial charge is 0.241 e. The maximum absolute atomic E-state index is 11.5. The molecule has 0 atom stereocenters. The van der Waals surface area contributed by atoms with Gasteiger partial charge in [-0.25, -0.2) is 0 Å². The van der Waals surface area contributed by atoms with Crippen molar-refractivity contribution in [3.63, 3.8) is 0 Å². The third-order valence-corrected chi connectivity index (χ3v) is 2.43. The lowest BCUT2D eigenvalue weighted by atomic mass is 10.2. The predicted molar refractivity (Wildman–Crippen MR) is 60.9 cm³/mol. The molecule has 1 heterocycles. The zero-order valence-corrected chi connectivity index (χ0v) is 10.2. The Hall–Kier alpha value is -1.36. The second kappa shape index (κ2) is 5.12. The minimum Gasteiger partial charge on any atom is -0.392 e. The fraction of sp³-hybridized carbons (Fsp3) is 0.636. The van der Waals surface area contributed by atoms with Crippen LogP contribution in [0.4, 0.5) is 0 Å². The molecule has 90 valence electrons. The average molecular weight is 225 g/mol. The second-order valence-electron chi connectivity index (χ2n) is 4.19. The van der Waals surface area contributed by atoms with Crippen LogP contribution in [-0.2, 0) is 17.9 Å². The van der Waals surface area contributed by atoms with Gasteiger partial charge < -0.3 is 10.4 Å².